The lowest BCUT2D eigenvalue weighted by atomic mass is 10.1. The van der Waals surface area contributed by atoms with Crippen LogP contribution in [0, 0.1) is 19.7 Å². The second-order valence-electron chi connectivity index (χ2n) is 6.22. The van der Waals surface area contributed by atoms with E-state index < -0.39 is 22.1 Å². The van der Waals surface area contributed by atoms with Crippen molar-refractivity contribution in [3.05, 3.63) is 47.3 Å². The highest BCUT2D eigenvalue weighted by Gasteiger charge is 2.36. The number of nitrogens with zero attached hydrogens (tertiary/aromatic N) is 2. The Hall–Kier alpha value is -2.81. The number of urea groups is 1. The molecule has 0 aliphatic carbocycles. The number of aryl methyl sites for hydroxylation is 2. The average molecular weight is 378 g/mol. The van der Waals surface area contributed by atoms with E-state index in [9.17, 15) is 17.6 Å². The summed E-state index contributed by atoms with van der Waals surface area (Å²) in [5, 5.41) is 5.07. The predicted molar refractivity (Wildman–Crippen MR) is 101 cm³/mol. The van der Waals surface area contributed by atoms with Gasteiger partial charge in [-0.25, -0.2) is 9.18 Å². The fourth-order valence-corrected chi connectivity index (χ4v) is 4.07. The molecular formula is C17H19FN4O3S. The van der Waals surface area contributed by atoms with Crippen LogP contribution in [0.15, 0.2) is 30.3 Å². The molecule has 138 valence electrons. The van der Waals surface area contributed by atoms with Crippen molar-refractivity contribution in [1.29, 1.82) is 0 Å². The number of hydrogen-bond donors (Lipinski definition) is 2. The Morgan fingerprint density at radius 1 is 0.923 bits per heavy atom. The lowest BCUT2D eigenvalue weighted by Gasteiger charge is -2.13. The van der Waals surface area contributed by atoms with E-state index in [2.05, 4.69) is 10.6 Å². The second-order valence-corrected chi connectivity index (χ2v) is 8.21. The summed E-state index contributed by atoms with van der Waals surface area (Å²) in [5.41, 5.74) is 2.95. The van der Waals surface area contributed by atoms with Crippen LogP contribution in [0.1, 0.15) is 11.1 Å². The van der Waals surface area contributed by atoms with E-state index in [-0.39, 0.29) is 17.1 Å². The standard InChI is InChI=1S/C17H19FN4O3S/c1-10-5-11(2)7-12(6-10)19-17(23)20-14-9-16-15(8-13(14)18)21(3)26(24,25)22(16)4/h5-9H,1-4H3,(H2,19,20,23). The van der Waals surface area contributed by atoms with Crippen molar-refractivity contribution in [2.75, 3.05) is 33.3 Å². The van der Waals surface area contributed by atoms with E-state index in [0.29, 0.717) is 5.69 Å². The molecule has 3 rings (SSSR count). The Morgan fingerprint density at radius 3 is 2.04 bits per heavy atom. The molecule has 0 saturated carbocycles. The summed E-state index contributed by atoms with van der Waals surface area (Å²) in [6.45, 7) is 3.81. The second kappa shape index (κ2) is 6.17. The molecule has 7 nitrogen and oxygen atoms in total. The molecule has 0 spiro atoms. The summed E-state index contributed by atoms with van der Waals surface area (Å²) in [5.74, 6) is -0.725. The Morgan fingerprint density at radius 2 is 1.46 bits per heavy atom. The highest BCUT2D eigenvalue weighted by Crippen LogP contribution is 2.41. The van der Waals surface area contributed by atoms with Gasteiger partial charge in [-0.2, -0.15) is 8.42 Å². The molecule has 2 aromatic rings. The van der Waals surface area contributed by atoms with Crippen molar-refractivity contribution in [3.8, 4) is 0 Å². The first kappa shape index (κ1) is 18.0. The van der Waals surface area contributed by atoms with Crippen molar-refractivity contribution < 1.29 is 17.6 Å². The first-order chi connectivity index (χ1) is 12.1. The van der Waals surface area contributed by atoms with E-state index in [1.54, 1.807) is 12.1 Å². The Balaban J connectivity index is 1.85. The molecule has 1 heterocycles. The van der Waals surface area contributed by atoms with Crippen LogP contribution in [0.3, 0.4) is 0 Å². The third kappa shape index (κ3) is 3.05. The molecular weight excluding hydrogens is 359 g/mol. The summed E-state index contributed by atoms with van der Waals surface area (Å²) < 4.78 is 40.6. The fraction of sp³-hybridized carbons (Fsp3) is 0.235. The van der Waals surface area contributed by atoms with Gasteiger partial charge in [0.25, 0.3) is 0 Å². The molecule has 26 heavy (non-hydrogen) atoms. The van der Waals surface area contributed by atoms with Crippen molar-refractivity contribution in [3.63, 3.8) is 0 Å². The molecule has 1 aliphatic rings. The summed E-state index contributed by atoms with van der Waals surface area (Å²) >= 11 is 0. The first-order valence-electron chi connectivity index (χ1n) is 7.82. The largest absolute Gasteiger partial charge is 0.326 e. The van der Waals surface area contributed by atoms with Crippen LogP contribution in [0.4, 0.5) is 31.9 Å². The first-order valence-corrected chi connectivity index (χ1v) is 9.22. The van der Waals surface area contributed by atoms with Gasteiger partial charge in [0.05, 0.1) is 17.1 Å². The molecule has 9 heteroatoms. The van der Waals surface area contributed by atoms with Crippen LogP contribution in [0.25, 0.3) is 0 Å². The summed E-state index contributed by atoms with van der Waals surface area (Å²) in [6.07, 6.45) is 0. The zero-order valence-corrected chi connectivity index (χ0v) is 15.6. The third-order valence-corrected chi connectivity index (χ3v) is 5.94. The maximum atomic E-state index is 14.3. The molecule has 0 fully saturated rings. The van der Waals surface area contributed by atoms with Crippen LogP contribution in [-0.4, -0.2) is 28.5 Å². The number of anilines is 4. The number of benzene rings is 2. The minimum Gasteiger partial charge on any atom is -0.308 e. The molecule has 0 saturated heterocycles. The van der Waals surface area contributed by atoms with Crippen molar-refractivity contribution >= 4 is 39.0 Å². The van der Waals surface area contributed by atoms with Crippen LogP contribution in [-0.2, 0) is 10.2 Å². The summed E-state index contributed by atoms with van der Waals surface area (Å²) in [6, 6.07) is 7.32. The molecule has 0 atom stereocenters. The zero-order valence-electron chi connectivity index (χ0n) is 14.8. The molecule has 0 unspecified atom stereocenters. The number of halogens is 1. The van der Waals surface area contributed by atoms with Gasteiger partial charge in [-0.3, -0.25) is 8.61 Å². The SMILES string of the molecule is Cc1cc(C)cc(NC(=O)Nc2cc3c(cc2F)N(C)S(=O)(=O)N3C)c1. The van der Waals surface area contributed by atoms with Crippen molar-refractivity contribution in [1.82, 2.24) is 0 Å². The minimum absolute atomic E-state index is 0.108. The van der Waals surface area contributed by atoms with Crippen LogP contribution in [0.2, 0.25) is 0 Å². The summed E-state index contributed by atoms with van der Waals surface area (Å²) in [7, 11) is -0.997. The monoisotopic (exact) mass is 378 g/mol. The maximum Gasteiger partial charge on any atom is 0.326 e. The molecule has 0 radical (unpaired) electrons. The van der Waals surface area contributed by atoms with Gasteiger partial charge in [0, 0.05) is 25.8 Å². The van der Waals surface area contributed by atoms with Crippen molar-refractivity contribution in [2.24, 2.45) is 0 Å². The van der Waals surface area contributed by atoms with Crippen LogP contribution < -0.4 is 19.2 Å². The van der Waals surface area contributed by atoms with Gasteiger partial charge >= 0.3 is 16.2 Å². The third-order valence-electron chi connectivity index (χ3n) is 4.16. The lowest BCUT2D eigenvalue weighted by molar-refractivity contribution is 0.262. The Kier molecular flexibility index (Phi) is 4.27. The maximum absolute atomic E-state index is 14.3. The number of hydrogen-bond acceptors (Lipinski definition) is 3. The summed E-state index contributed by atoms with van der Waals surface area (Å²) in [4.78, 5) is 12.2. The van der Waals surface area contributed by atoms with Gasteiger partial charge in [0.1, 0.15) is 5.82 Å². The zero-order chi connectivity index (χ0) is 19.2. The van der Waals surface area contributed by atoms with E-state index in [1.807, 2.05) is 19.9 Å². The van der Waals surface area contributed by atoms with E-state index in [0.717, 1.165) is 25.8 Å². The Labute approximate surface area is 151 Å². The number of rotatable bonds is 2. The van der Waals surface area contributed by atoms with Gasteiger partial charge in [0.2, 0.25) is 0 Å². The molecule has 0 bridgehead atoms. The highest BCUT2D eigenvalue weighted by atomic mass is 32.2. The van der Waals surface area contributed by atoms with Gasteiger partial charge in [-0.15, -0.1) is 0 Å². The molecule has 0 aromatic heterocycles. The van der Waals surface area contributed by atoms with Crippen LogP contribution >= 0.6 is 0 Å². The number of fused-ring (bicyclic) bond motifs is 1. The van der Waals surface area contributed by atoms with Gasteiger partial charge in [-0.1, -0.05) is 6.07 Å². The van der Waals surface area contributed by atoms with E-state index in [4.69, 9.17) is 0 Å². The highest BCUT2D eigenvalue weighted by molar-refractivity contribution is 7.94. The minimum atomic E-state index is -3.71. The number of nitrogens with one attached hydrogen (secondary N) is 2. The van der Waals surface area contributed by atoms with Gasteiger partial charge in [-0.05, 0) is 43.2 Å². The average Bonchev–Trinajstić information content (AvgIpc) is 2.68. The topological polar surface area (TPSA) is 81.8 Å². The quantitative estimate of drug-likeness (QED) is 0.842. The molecule has 2 aromatic carbocycles. The van der Waals surface area contributed by atoms with Gasteiger partial charge in [0.15, 0.2) is 0 Å². The predicted octanol–water partition coefficient (Wildman–Crippen LogP) is 3.22. The smallest absolute Gasteiger partial charge is 0.308 e. The normalized spacial score (nSPS) is 15.0. The Bertz CT molecular complexity index is 987. The number of amides is 2. The lowest BCUT2D eigenvalue weighted by Crippen LogP contribution is -2.32. The number of carbonyl (C=O) groups excluding carboxylic acids is 1. The van der Waals surface area contributed by atoms with Gasteiger partial charge < -0.3 is 10.6 Å². The fourth-order valence-electron chi connectivity index (χ4n) is 2.92. The molecule has 2 N–H and O–H groups in total. The van der Waals surface area contributed by atoms with Crippen LogP contribution in [0.5, 0.6) is 0 Å². The van der Waals surface area contributed by atoms with E-state index in [1.165, 1.54) is 20.2 Å². The molecule has 2 amide bonds. The number of carbonyl (C=O) groups is 1. The van der Waals surface area contributed by atoms with E-state index >= 15 is 0 Å². The van der Waals surface area contributed by atoms with Crippen molar-refractivity contribution in [2.45, 2.75) is 13.8 Å². The molecule has 1 aliphatic heterocycles.